The molecule has 0 unspecified atom stereocenters. The number of carbonyl (C=O) groups excluding carboxylic acids is 1. The summed E-state index contributed by atoms with van der Waals surface area (Å²) in [7, 11) is 0. The minimum Gasteiger partial charge on any atom is -0.423 e. The molecular formula is C20H17FN4O3. The summed E-state index contributed by atoms with van der Waals surface area (Å²) in [4.78, 5) is 30.3. The third-order valence-corrected chi connectivity index (χ3v) is 3.71. The van der Waals surface area contributed by atoms with E-state index in [0.717, 1.165) is 5.56 Å². The molecule has 28 heavy (non-hydrogen) atoms. The van der Waals surface area contributed by atoms with Crippen LogP contribution in [-0.2, 0) is 6.42 Å². The number of esters is 1. The number of aromatic amines is 1. The molecule has 142 valence electrons. The summed E-state index contributed by atoms with van der Waals surface area (Å²) in [5, 5.41) is 4.02. The first kappa shape index (κ1) is 19.0. The zero-order valence-electron chi connectivity index (χ0n) is 15.0. The van der Waals surface area contributed by atoms with Crippen molar-refractivity contribution in [1.82, 2.24) is 9.97 Å². The molecule has 0 aliphatic rings. The number of hydrogen-bond acceptors (Lipinski definition) is 6. The van der Waals surface area contributed by atoms with E-state index in [9.17, 15) is 14.0 Å². The highest BCUT2D eigenvalue weighted by molar-refractivity contribution is 5.91. The summed E-state index contributed by atoms with van der Waals surface area (Å²) in [5.74, 6) is -0.394. The first-order valence-electron chi connectivity index (χ1n) is 8.50. The Hall–Kier alpha value is -3.81. The van der Waals surface area contributed by atoms with E-state index in [1.807, 2.05) is 6.92 Å². The topological polar surface area (TPSA) is 96.4 Å². The number of ether oxygens (including phenoxy) is 1. The predicted octanol–water partition coefficient (Wildman–Crippen LogP) is 3.14. The summed E-state index contributed by atoms with van der Waals surface area (Å²) in [6.07, 6.45) is 2.17. The number of hydrazone groups is 1. The van der Waals surface area contributed by atoms with Crippen LogP contribution in [0, 0.1) is 5.82 Å². The van der Waals surface area contributed by atoms with Gasteiger partial charge in [-0.2, -0.15) is 5.10 Å². The van der Waals surface area contributed by atoms with Crippen molar-refractivity contribution in [2.45, 2.75) is 13.3 Å². The molecule has 0 atom stereocenters. The first-order chi connectivity index (χ1) is 13.5. The molecule has 0 spiro atoms. The van der Waals surface area contributed by atoms with E-state index >= 15 is 0 Å². The van der Waals surface area contributed by atoms with Crippen LogP contribution in [0.25, 0.3) is 0 Å². The molecule has 3 rings (SSSR count). The number of rotatable bonds is 6. The van der Waals surface area contributed by atoms with Gasteiger partial charge in [0.2, 0.25) is 5.95 Å². The summed E-state index contributed by atoms with van der Waals surface area (Å²) >= 11 is 0. The van der Waals surface area contributed by atoms with Crippen molar-refractivity contribution in [3.05, 3.63) is 87.6 Å². The van der Waals surface area contributed by atoms with Crippen molar-refractivity contribution in [2.24, 2.45) is 5.10 Å². The molecule has 0 bridgehead atoms. The van der Waals surface area contributed by atoms with E-state index < -0.39 is 11.8 Å². The number of benzene rings is 2. The fourth-order valence-electron chi connectivity index (χ4n) is 2.28. The molecule has 3 aromatic rings. The van der Waals surface area contributed by atoms with Gasteiger partial charge in [0.15, 0.2) is 0 Å². The molecule has 0 fully saturated rings. The van der Waals surface area contributed by atoms with Crippen LogP contribution in [0.2, 0.25) is 0 Å². The Kier molecular flexibility index (Phi) is 5.91. The van der Waals surface area contributed by atoms with E-state index in [1.165, 1.54) is 36.5 Å². The molecule has 1 heterocycles. The average molecular weight is 380 g/mol. The standard InChI is InChI=1S/C20H17FN4O3/c1-2-16-11-18(26)24-20(23-16)25-22-12-13-3-9-17(10-4-13)28-19(27)14-5-7-15(21)8-6-14/h3-12H,2H2,1H3,(H2,23,24,25,26)/b22-12-. The highest BCUT2D eigenvalue weighted by Gasteiger charge is 2.08. The van der Waals surface area contributed by atoms with Gasteiger partial charge in [0, 0.05) is 11.8 Å². The van der Waals surface area contributed by atoms with Crippen molar-refractivity contribution in [2.75, 3.05) is 5.43 Å². The summed E-state index contributed by atoms with van der Waals surface area (Å²) in [5.41, 5.74) is 4.07. The molecule has 0 aliphatic carbocycles. The lowest BCUT2D eigenvalue weighted by molar-refractivity contribution is 0.0734. The predicted molar refractivity (Wildman–Crippen MR) is 103 cm³/mol. The van der Waals surface area contributed by atoms with Crippen LogP contribution in [0.3, 0.4) is 0 Å². The Balaban J connectivity index is 1.60. The molecule has 2 aromatic carbocycles. The van der Waals surface area contributed by atoms with Gasteiger partial charge >= 0.3 is 5.97 Å². The molecular weight excluding hydrogens is 363 g/mol. The molecule has 7 nitrogen and oxygen atoms in total. The van der Waals surface area contributed by atoms with Crippen molar-refractivity contribution in [3.8, 4) is 5.75 Å². The SMILES string of the molecule is CCc1cc(=O)[nH]c(N/N=C\c2ccc(OC(=O)c3ccc(F)cc3)cc2)n1. The monoisotopic (exact) mass is 380 g/mol. The molecule has 1 aromatic heterocycles. The lowest BCUT2D eigenvalue weighted by Gasteiger charge is -2.04. The second kappa shape index (κ2) is 8.72. The third-order valence-electron chi connectivity index (χ3n) is 3.71. The Morgan fingerprint density at radius 2 is 1.93 bits per heavy atom. The number of aromatic nitrogens is 2. The Labute approximate surface area is 159 Å². The smallest absolute Gasteiger partial charge is 0.343 e. The molecule has 0 radical (unpaired) electrons. The zero-order valence-corrected chi connectivity index (χ0v) is 15.0. The van der Waals surface area contributed by atoms with Gasteiger partial charge < -0.3 is 4.74 Å². The van der Waals surface area contributed by atoms with Gasteiger partial charge in [-0.15, -0.1) is 0 Å². The molecule has 0 saturated carbocycles. The highest BCUT2D eigenvalue weighted by Crippen LogP contribution is 2.14. The number of nitrogens with zero attached hydrogens (tertiary/aromatic N) is 2. The second-order valence-corrected chi connectivity index (χ2v) is 5.77. The van der Waals surface area contributed by atoms with Crippen molar-refractivity contribution < 1.29 is 13.9 Å². The maximum absolute atomic E-state index is 12.9. The number of halogens is 1. The van der Waals surface area contributed by atoms with E-state index in [-0.39, 0.29) is 17.1 Å². The normalized spacial score (nSPS) is 10.8. The molecule has 0 amide bonds. The van der Waals surface area contributed by atoms with E-state index in [4.69, 9.17) is 4.74 Å². The Morgan fingerprint density at radius 3 is 2.61 bits per heavy atom. The number of aryl methyl sites for hydroxylation is 1. The van der Waals surface area contributed by atoms with E-state index in [2.05, 4.69) is 20.5 Å². The van der Waals surface area contributed by atoms with Crippen LogP contribution in [0.4, 0.5) is 10.3 Å². The average Bonchev–Trinajstić information content (AvgIpc) is 2.69. The molecule has 0 aliphatic heterocycles. The summed E-state index contributed by atoms with van der Waals surface area (Å²) in [6, 6.07) is 13.2. The van der Waals surface area contributed by atoms with Gasteiger partial charge in [-0.1, -0.05) is 6.92 Å². The van der Waals surface area contributed by atoms with Crippen LogP contribution < -0.4 is 15.7 Å². The molecule has 8 heteroatoms. The van der Waals surface area contributed by atoms with Crippen LogP contribution in [0.15, 0.2) is 64.5 Å². The largest absolute Gasteiger partial charge is 0.423 e. The number of anilines is 1. The number of nitrogens with one attached hydrogen (secondary N) is 2. The summed E-state index contributed by atoms with van der Waals surface area (Å²) < 4.78 is 18.1. The van der Waals surface area contributed by atoms with Gasteiger partial charge in [-0.25, -0.2) is 19.6 Å². The quantitative estimate of drug-likeness (QED) is 0.296. The van der Waals surface area contributed by atoms with Gasteiger partial charge in [-0.3, -0.25) is 9.78 Å². The maximum Gasteiger partial charge on any atom is 0.343 e. The van der Waals surface area contributed by atoms with E-state index in [0.29, 0.717) is 17.9 Å². The summed E-state index contributed by atoms with van der Waals surface area (Å²) in [6.45, 7) is 1.90. The molecule has 0 saturated heterocycles. The van der Waals surface area contributed by atoms with Gasteiger partial charge in [0.05, 0.1) is 11.8 Å². The van der Waals surface area contributed by atoms with Gasteiger partial charge in [0.25, 0.3) is 5.56 Å². The van der Waals surface area contributed by atoms with Gasteiger partial charge in [-0.05, 0) is 60.5 Å². The maximum atomic E-state index is 12.9. The first-order valence-corrected chi connectivity index (χ1v) is 8.50. The lowest BCUT2D eigenvalue weighted by Crippen LogP contribution is -2.11. The Bertz CT molecular complexity index is 1040. The highest BCUT2D eigenvalue weighted by atomic mass is 19.1. The lowest BCUT2D eigenvalue weighted by atomic mass is 10.2. The van der Waals surface area contributed by atoms with Crippen LogP contribution in [-0.4, -0.2) is 22.2 Å². The van der Waals surface area contributed by atoms with E-state index in [1.54, 1.807) is 24.3 Å². The van der Waals surface area contributed by atoms with Crippen LogP contribution in [0.1, 0.15) is 28.5 Å². The Morgan fingerprint density at radius 1 is 1.21 bits per heavy atom. The fourth-order valence-corrected chi connectivity index (χ4v) is 2.28. The number of hydrogen-bond donors (Lipinski definition) is 2. The van der Waals surface area contributed by atoms with Crippen LogP contribution >= 0.6 is 0 Å². The van der Waals surface area contributed by atoms with Gasteiger partial charge in [0.1, 0.15) is 11.6 Å². The van der Waals surface area contributed by atoms with Crippen molar-refractivity contribution in [3.63, 3.8) is 0 Å². The molecule has 2 N–H and O–H groups in total. The van der Waals surface area contributed by atoms with Crippen molar-refractivity contribution >= 4 is 18.1 Å². The number of H-pyrrole nitrogens is 1. The third kappa shape index (κ3) is 5.10. The zero-order chi connectivity index (χ0) is 19.9. The van der Waals surface area contributed by atoms with Crippen LogP contribution in [0.5, 0.6) is 5.75 Å². The minimum atomic E-state index is -0.575. The minimum absolute atomic E-state index is 0.253. The number of carbonyl (C=O) groups is 1. The second-order valence-electron chi connectivity index (χ2n) is 5.77. The fraction of sp³-hybridized carbons (Fsp3) is 0.100. The van der Waals surface area contributed by atoms with Crippen molar-refractivity contribution in [1.29, 1.82) is 0 Å².